The van der Waals surface area contributed by atoms with E-state index in [0.717, 1.165) is 36.5 Å². The second kappa shape index (κ2) is 8.86. The maximum Gasteiger partial charge on any atom is 0.266 e. The molecule has 7 heteroatoms. The van der Waals surface area contributed by atoms with Crippen LogP contribution in [0.5, 0.6) is 0 Å². The monoisotopic (exact) mass is 430 g/mol. The van der Waals surface area contributed by atoms with Gasteiger partial charge in [0.15, 0.2) is 0 Å². The van der Waals surface area contributed by atoms with Gasteiger partial charge in [-0.3, -0.25) is 9.78 Å². The molecule has 2 aromatic heterocycles. The first kappa shape index (κ1) is 20.3. The number of halogens is 1. The molecule has 5 rings (SSSR count). The highest BCUT2D eigenvalue weighted by molar-refractivity contribution is 5.94. The fourth-order valence-electron chi connectivity index (χ4n) is 4.34. The summed E-state index contributed by atoms with van der Waals surface area (Å²) in [4.78, 5) is 16.7. The van der Waals surface area contributed by atoms with Crippen molar-refractivity contribution in [1.82, 2.24) is 20.5 Å². The van der Waals surface area contributed by atoms with Crippen molar-refractivity contribution in [3.8, 4) is 11.6 Å². The molecule has 1 saturated carbocycles. The van der Waals surface area contributed by atoms with E-state index in [1.165, 1.54) is 24.3 Å². The molecule has 0 bridgehead atoms. The Morgan fingerprint density at radius 1 is 1.00 bits per heavy atom. The highest BCUT2D eigenvalue weighted by atomic mass is 19.1. The highest BCUT2D eigenvalue weighted by Gasteiger charge is 2.27. The standard InChI is InChI=1S/C25H23FN4O2/c26-20-11-9-18(10-12-20)23(31)28-15-16-5-7-19(8-6-16)24-29-30-25(32-24)22-21-4-2-1-3-17(21)13-14-27-22/h1-4,9-14,16,19H,5-8,15H2,(H,28,31). The third-order valence-corrected chi connectivity index (χ3v) is 6.17. The van der Waals surface area contributed by atoms with Crippen molar-refractivity contribution in [3.63, 3.8) is 0 Å². The van der Waals surface area contributed by atoms with Gasteiger partial charge >= 0.3 is 0 Å². The van der Waals surface area contributed by atoms with E-state index in [0.29, 0.717) is 35.5 Å². The second-order valence-corrected chi connectivity index (χ2v) is 8.26. The Hall–Kier alpha value is -3.61. The molecule has 0 unspecified atom stereocenters. The first-order valence-corrected chi connectivity index (χ1v) is 10.9. The zero-order valence-electron chi connectivity index (χ0n) is 17.5. The smallest absolute Gasteiger partial charge is 0.266 e. The van der Waals surface area contributed by atoms with Crippen molar-refractivity contribution in [2.24, 2.45) is 5.92 Å². The number of hydrogen-bond donors (Lipinski definition) is 1. The van der Waals surface area contributed by atoms with Gasteiger partial charge in [-0.1, -0.05) is 24.3 Å². The molecule has 1 N–H and O–H groups in total. The Labute approximate surface area is 184 Å². The number of hydrogen-bond acceptors (Lipinski definition) is 5. The lowest BCUT2D eigenvalue weighted by Crippen LogP contribution is -2.31. The quantitative estimate of drug-likeness (QED) is 0.475. The van der Waals surface area contributed by atoms with E-state index in [-0.39, 0.29) is 17.6 Å². The SMILES string of the molecule is O=C(NCC1CCC(c2nnc(-c3nccc4ccccc34)o2)CC1)c1ccc(F)cc1. The van der Waals surface area contributed by atoms with Gasteiger partial charge in [0.1, 0.15) is 11.5 Å². The predicted molar refractivity (Wildman–Crippen MR) is 118 cm³/mol. The van der Waals surface area contributed by atoms with E-state index < -0.39 is 0 Å². The summed E-state index contributed by atoms with van der Waals surface area (Å²) >= 11 is 0. The molecule has 0 saturated heterocycles. The van der Waals surface area contributed by atoms with E-state index >= 15 is 0 Å². The lowest BCUT2D eigenvalue weighted by molar-refractivity contribution is 0.0942. The van der Waals surface area contributed by atoms with Gasteiger partial charge in [0, 0.05) is 29.6 Å². The van der Waals surface area contributed by atoms with E-state index in [4.69, 9.17) is 4.42 Å². The molecular formula is C25H23FN4O2. The van der Waals surface area contributed by atoms with Gasteiger partial charge in [0.25, 0.3) is 11.8 Å². The number of benzene rings is 2. The molecule has 0 radical (unpaired) electrons. The molecule has 1 fully saturated rings. The van der Waals surface area contributed by atoms with Crippen molar-refractivity contribution in [2.45, 2.75) is 31.6 Å². The number of nitrogens with zero attached hydrogens (tertiary/aromatic N) is 3. The summed E-state index contributed by atoms with van der Waals surface area (Å²) in [6.07, 6.45) is 5.56. The molecule has 0 aliphatic heterocycles. The summed E-state index contributed by atoms with van der Waals surface area (Å²) in [6.45, 7) is 0.609. The van der Waals surface area contributed by atoms with Crippen LogP contribution in [-0.2, 0) is 0 Å². The van der Waals surface area contributed by atoms with Crippen molar-refractivity contribution in [3.05, 3.63) is 78.1 Å². The minimum Gasteiger partial charge on any atom is -0.419 e. The Morgan fingerprint density at radius 2 is 1.78 bits per heavy atom. The molecule has 4 aromatic rings. The zero-order chi connectivity index (χ0) is 21.9. The number of carbonyl (C=O) groups is 1. The fraction of sp³-hybridized carbons (Fsp3) is 0.280. The Morgan fingerprint density at radius 3 is 2.59 bits per heavy atom. The number of aromatic nitrogens is 3. The van der Waals surface area contributed by atoms with Crippen LogP contribution in [0.25, 0.3) is 22.4 Å². The normalized spacial score (nSPS) is 18.5. The van der Waals surface area contributed by atoms with Gasteiger partial charge in [-0.2, -0.15) is 0 Å². The maximum atomic E-state index is 13.0. The largest absolute Gasteiger partial charge is 0.419 e. The molecule has 0 spiro atoms. The van der Waals surface area contributed by atoms with Crippen LogP contribution in [0.3, 0.4) is 0 Å². The maximum absolute atomic E-state index is 13.0. The van der Waals surface area contributed by atoms with Crippen molar-refractivity contribution in [2.75, 3.05) is 6.54 Å². The summed E-state index contributed by atoms with van der Waals surface area (Å²) < 4.78 is 19.1. The first-order valence-electron chi connectivity index (χ1n) is 10.9. The van der Waals surface area contributed by atoms with Crippen LogP contribution in [0.2, 0.25) is 0 Å². The summed E-state index contributed by atoms with van der Waals surface area (Å²) in [5, 5.41) is 13.6. The molecule has 1 amide bonds. The average molecular weight is 430 g/mol. The molecule has 1 aliphatic rings. The fourth-order valence-corrected chi connectivity index (χ4v) is 4.34. The number of fused-ring (bicyclic) bond motifs is 1. The van der Waals surface area contributed by atoms with Gasteiger partial charge in [-0.05, 0) is 67.3 Å². The average Bonchev–Trinajstić information content (AvgIpc) is 3.33. The summed E-state index contributed by atoms with van der Waals surface area (Å²) in [6, 6.07) is 15.6. The minimum atomic E-state index is -0.347. The summed E-state index contributed by atoms with van der Waals surface area (Å²) in [5.41, 5.74) is 1.18. The Balaban J connectivity index is 1.19. The van der Waals surface area contributed by atoms with Gasteiger partial charge in [-0.25, -0.2) is 4.39 Å². The lowest BCUT2D eigenvalue weighted by Gasteiger charge is -2.26. The number of carbonyl (C=O) groups excluding carboxylic acids is 1. The molecule has 1 aliphatic carbocycles. The minimum absolute atomic E-state index is 0.170. The summed E-state index contributed by atoms with van der Waals surface area (Å²) in [5.74, 6) is 1.21. The van der Waals surface area contributed by atoms with Gasteiger partial charge < -0.3 is 9.73 Å². The van der Waals surface area contributed by atoms with Crippen LogP contribution >= 0.6 is 0 Å². The number of rotatable bonds is 5. The lowest BCUT2D eigenvalue weighted by atomic mass is 9.82. The van der Waals surface area contributed by atoms with Crippen LogP contribution in [0, 0.1) is 11.7 Å². The third kappa shape index (κ3) is 4.23. The Kier molecular flexibility index (Phi) is 5.62. The Bertz CT molecular complexity index is 1220. The van der Waals surface area contributed by atoms with Crippen LogP contribution < -0.4 is 5.32 Å². The predicted octanol–water partition coefficient (Wildman–Crippen LogP) is 5.13. The van der Waals surface area contributed by atoms with Crippen molar-refractivity contribution < 1.29 is 13.6 Å². The second-order valence-electron chi connectivity index (χ2n) is 8.26. The van der Waals surface area contributed by atoms with Gasteiger partial charge in [0.2, 0.25) is 5.89 Å². The summed E-state index contributed by atoms with van der Waals surface area (Å²) in [7, 11) is 0. The number of nitrogens with one attached hydrogen (secondary N) is 1. The van der Waals surface area contributed by atoms with E-state index in [1.54, 1.807) is 6.20 Å². The molecular weight excluding hydrogens is 407 g/mol. The topological polar surface area (TPSA) is 80.9 Å². The van der Waals surface area contributed by atoms with E-state index in [2.05, 4.69) is 20.5 Å². The van der Waals surface area contributed by atoms with Gasteiger partial charge in [0.05, 0.1) is 0 Å². The highest BCUT2D eigenvalue weighted by Crippen LogP contribution is 2.36. The third-order valence-electron chi connectivity index (χ3n) is 6.17. The van der Waals surface area contributed by atoms with E-state index in [9.17, 15) is 9.18 Å². The van der Waals surface area contributed by atoms with Crippen molar-refractivity contribution >= 4 is 16.7 Å². The molecule has 6 nitrogen and oxygen atoms in total. The molecule has 2 aromatic carbocycles. The van der Waals surface area contributed by atoms with Crippen molar-refractivity contribution in [1.29, 1.82) is 0 Å². The van der Waals surface area contributed by atoms with E-state index in [1.807, 2.05) is 30.3 Å². The van der Waals surface area contributed by atoms with Gasteiger partial charge in [-0.15, -0.1) is 10.2 Å². The number of pyridine rings is 1. The number of amides is 1. The van der Waals surface area contributed by atoms with Crippen LogP contribution in [0.1, 0.15) is 47.8 Å². The zero-order valence-corrected chi connectivity index (χ0v) is 17.5. The van der Waals surface area contributed by atoms with Crippen LogP contribution in [0.15, 0.2) is 65.2 Å². The van der Waals surface area contributed by atoms with Crippen LogP contribution in [-0.4, -0.2) is 27.6 Å². The first-order chi connectivity index (χ1) is 15.7. The molecule has 162 valence electrons. The molecule has 32 heavy (non-hydrogen) atoms. The molecule has 0 atom stereocenters. The van der Waals surface area contributed by atoms with Crippen LogP contribution in [0.4, 0.5) is 4.39 Å². The molecule has 2 heterocycles.